The second kappa shape index (κ2) is 5.00. The van der Waals surface area contributed by atoms with Crippen molar-refractivity contribution < 1.29 is 19.4 Å². The van der Waals surface area contributed by atoms with Gasteiger partial charge in [-0.25, -0.2) is 4.79 Å². The van der Waals surface area contributed by atoms with Gasteiger partial charge in [0.25, 0.3) is 0 Å². The molecule has 1 aromatic carbocycles. The highest BCUT2D eigenvalue weighted by atomic mass is 16.6. The van der Waals surface area contributed by atoms with Crippen molar-refractivity contribution >= 4 is 5.97 Å². The van der Waals surface area contributed by atoms with Crippen LogP contribution in [0.25, 0.3) is 0 Å². The fourth-order valence-corrected chi connectivity index (χ4v) is 5.60. The second-order valence-corrected chi connectivity index (χ2v) is 7.91. The van der Waals surface area contributed by atoms with E-state index in [9.17, 15) is 25.0 Å². The first-order chi connectivity index (χ1) is 11.8. The van der Waals surface area contributed by atoms with Gasteiger partial charge in [-0.05, 0) is 24.5 Å². The van der Waals surface area contributed by atoms with E-state index in [0.717, 1.165) is 0 Å². The van der Waals surface area contributed by atoms with Crippen LogP contribution in [0.2, 0.25) is 0 Å². The van der Waals surface area contributed by atoms with Gasteiger partial charge >= 0.3 is 5.97 Å². The van der Waals surface area contributed by atoms with Gasteiger partial charge in [-0.2, -0.15) is 0 Å². The van der Waals surface area contributed by atoms with Gasteiger partial charge in [-0.3, -0.25) is 20.2 Å². The molecule has 0 amide bonds. The standard InChI is InChI=1S/C17H18N2O6/c20-14(13-4-2-1-3-5-13)25-17-8-12-6-15(10-17,18(21)22)9-16(7-12,11-17)19(23)24/h1-5,12H,6-11H2. The first-order valence-electron chi connectivity index (χ1n) is 8.36. The number of nitro groups is 2. The molecule has 0 radical (unpaired) electrons. The number of carbonyl (C=O) groups excluding carboxylic acids is 1. The third kappa shape index (κ3) is 2.31. The molecular formula is C17H18N2O6. The smallest absolute Gasteiger partial charge is 0.338 e. The van der Waals surface area contributed by atoms with Crippen molar-refractivity contribution in [3.05, 3.63) is 56.1 Å². The predicted octanol–water partition coefficient (Wildman–Crippen LogP) is 2.61. The molecule has 0 aliphatic heterocycles. The van der Waals surface area contributed by atoms with E-state index in [0.29, 0.717) is 24.8 Å². The summed E-state index contributed by atoms with van der Waals surface area (Å²) in [6, 6.07) is 8.39. The lowest BCUT2D eigenvalue weighted by molar-refractivity contribution is -0.648. The van der Waals surface area contributed by atoms with Gasteiger partial charge < -0.3 is 4.74 Å². The molecule has 0 spiro atoms. The highest BCUT2D eigenvalue weighted by molar-refractivity contribution is 5.89. The molecule has 8 nitrogen and oxygen atoms in total. The normalized spacial score (nSPS) is 38.3. The number of ether oxygens (including phenoxy) is 1. The molecule has 1 aromatic rings. The van der Waals surface area contributed by atoms with Crippen LogP contribution < -0.4 is 0 Å². The summed E-state index contributed by atoms with van der Waals surface area (Å²) < 4.78 is 5.74. The summed E-state index contributed by atoms with van der Waals surface area (Å²) in [5.41, 5.74) is -3.48. The molecule has 4 aliphatic carbocycles. The monoisotopic (exact) mass is 346 g/mol. The zero-order chi connectivity index (χ0) is 17.9. The average Bonchev–Trinajstić information content (AvgIpc) is 2.53. The first kappa shape index (κ1) is 16.0. The maximum atomic E-state index is 12.5. The molecule has 5 rings (SSSR count). The number of esters is 1. The van der Waals surface area contributed by atoms with Crippen molar-refractivity contribution in [3.63, 3.8) is 0 Å². The predicted molar refractivity (Wildman–Crippen MR) is 85.2 cm³/mol. The minimum Gasteiger partial charge on any atom is -0.455 e. The van der Waals surface area contributed by atoms with E-state index in [4.69, 9.17) is 4.74 Å². The second-order valence-electron chi connectivity index (χ2n) is 7.91. The Hall–Kier alpha value is -2.51. The van der Waals surface area contributed by atoms with E-state index in [2.05, 4.69) is 0 Å². The number of carbonyl (C=O) groups is 1. The van der Waals surface area contributed by atoms with Gasteiger partial charge in [0.05, 0.1) is 24.8 Å². The van der Waals surface area contributed by atoms with Crippen molar-refractivity contribution in [1.29, 1.82) is 0 Å². The molecule has 0 heterocycles. The van der Waals surface area contributed by atoms with Crippen molar-refractivity contribution in [3.8, 4) is 0 Å². The fourth-order valence-electron chi connectivity index (χ4n) is 5.60. The highest BCUT2D eigenvalue weighted by Gasteiger charge is 2.75. The van der Waals surface area contributed by atoms with Crippen LogP contribution in [0.4, 0.5) is 0 Å². The molecule has 4 bridgehead atoms. The Kier molecular flexibility index (Phi) is 3.20. The number of hydrogen-bond acceptors (Lipinski definition) is 6. The van der Waals surface area contributed by atoms with E-state index in [-0.39, 0.29) is 35.0 Å². The first-order valence-corrected chi connectivity index (χ1v) is 8.36. The summed E-state index contributed by atoms with van der Waals surface area (Å²) in [4.78, 5) is 35.3. The summed E-state index contributed by atoms with van der Waals surface area (Å²) in [6.07, 6.45) is 1.20. The molecule has 25 heavy (non-hydrogen) atoms. The van der Waals surface area contributed by atoms with Gasteiger partial charge in [0.1, 0.15) is 5.60 Å². The Balaban J connectivity index is 1.71. The molecule has 4 fully saturated rings. The van der Waals surface area contributed by atoms with Crippen LogP contribution in [-0.2, 0) is 4.74 Å². The third-order valence-corrected chi connectivity index (χ3v) is 6.05. The largest absolute Gasteiger partial charge is 0.455 e. The van der Waals surface area contributed by atoms with Crippen molar-refractivity contribution in [2.24, 2.45) is 5.92 Å². The minimum atomic E-state index is -1.36. The summed E-state index contributed by atoms with van der Waals surface area (Å²) in [7, 11) is 0. The van der Waals surface area contributed by atoms with Gasteiger partial charge in [-0.1, -0.05) is 18.2 Å². The van der Waals surface area contributed by atoms with Crippen LogP contribution in [0.1, 0.15) is 48.9 Å². The zero-order valence-corrected chi connectivity index (χ0v) is 13.6. The maximum Gasteiger partial charge on any atom is 0.338 e. The highest BCUT2D eigenvalue weighted by Crippen LogP contribution is 2.62. The molecule has 0 N–H and O–H groups in total. The molecule has 2 atom stereocenters. The Labute approximate surface area is 143 Å². The number of benzene rings is 1. The molecule has 132 valence electrons. The van der Waals surface area contributed by atoms with Gasteiger partial charge in [-0.15, -0.1) is 0 Å². The van der Waals surface area contributed by atoms with E-state index in [1.165, 1.54) is 0 Å². The van der Waals surface area contributed by atoms with Gasteiger partial charge in [0.15, 0.2) is 0 Å². The summed E-state index contributed by atoms with van der Waals surface area (Å²) in [5.74, 6) is -0.727. The Morgan fingerprint density at radius 2 is 1.52 bits per heavy atom. The molecule has 0 saturated heterocycles. The van der Waals surface area contributed by atoms with Crippen LogP contribution in [-0.4, -0.2) is 32.5 Å². The number of hydrogen-bond donors (Lipinski definition) is 0. The lowest BCUT2D eigenvalue weighted by Gasteiger charge is -2.57. The van der Waals surface area contributed by atoms with Crippen molar-refractivity contribution in [2.45, 2.75) is 55.2 Å². The van der Waals surface area contributed by atoms with Crippen LogP contribution >= 0.6 is 0 Å². The van der Waals surface area contributed by atoms with Crippen LogP contribution in [0, 0.1) is 26.1 Å². The number of nitrogens with zero attached hydrogens (tertiary/aromatic N) is 2. The maximum absolute atomic E-state index is 12.5. The molecule has 4 saturated carbocycles. The van der Waals surface area contributed by atoms with E-state index < -0.39 is 22.6 Å². The number of rotatable bonds is 4. The average molecular weight is 346 g/mol. The van der Waals surface area contributed by atoms with Crippen LogP contribution in [0.3, 0.4) is 0 Å². The van der Waals surface area contributed by atoms with E-state index in [1.54, 1.807) is 30.3 Å². The Bertz CT molecular complexity index is 734. The minimum absolute atomic E-state index is 0.0671. The summed E-state index contributed by atoms with van der Waals surface area (Å²) in [5, 5.41) is 23.5. The quantitative estimate of drug-likeness (QED) is 0.470. The van der Waals surface area contributed by atoms with E-state index in [1.807, 2.05) is 0 Å². The molecule has 8 heteroatoms. The van der Waals surface area contributed by atoms with Crippen LogP contribution in [0.15, 0.2) is 30.3 Å². The molecule has 0 aromatic heterocycles. The summed E-state index contributed by atoms with van der Waals surface area (Å²) in [6.45, 7) is 0. The van der Waals surface area contributed by atoms with Crippen molar-refractivity contribution in [1.82, 2.24) is 0 Å². The Morgan fingerprint density at radius 1 is 0.960 bits per heavy atom. The van der Waals surface area contributed by atoms with Crippen LogP contribution in [0.5, 0.6) is 0 Å². The molecular weight excluding hydrogens is 328 g/mol. The van der Waals surface area contributed by atoms with Gasteiger partial charge in [0.2, 0.25) is 11.1 Å². The topological polar surface area (TPSA) is 113 Å². The SMILES string of the molecule is O=C(OC12CC3CC([N+](=O)[O-])(C1)CC([N+](=O)[O-])(C3)C2)c1ccccc1. The molecule has 2 unspecified atom stereocenters. The lowest BCUT2D eigenvalue weighted by Crippen LogP contribution is -2.71. The lowest BCUT2D eigenvalue weighted by atomic mass is 9.48. The Morgan fingerprint density at radius 3 is 2.04 bits per heavy atom. The van der Waals surface area contributed by atoms with E-state index >= 15 is 0 Å². The van der Waals surface area contributed by atoms with Gasteiger partial charge in [0, 0.05) is 22.7 Å². The fraction of sp³-hybridized carbons (Fsp3) is 0.588. The third-order valence-electron chi connectivity index (χ3n) is 6.05. The zero-order valence-electron chi connectivity index (χ0n) is 13.6. The summed E-state index contributed by atoms with van der Waals surface area (Å²) >= 11 is 0. The van der Waals surface area contributed by atoms with Crippen molar-refractivity contribution in [2.75, 3.05) is 0 Å². The molecule has 4 aliphatic rings.